The molecule has 1 amide bonds. The maximum absolute atomic E-state index is 12.0. The minimum Gasteiger partial charge on any atom is -0.481 e. The highest BCUT2D eigenvalue weighted by Crippen LogP contribution is 2.38. The average Bonchev–Trinajstić information content (AvgIpc) is 2.45. The monoisotopic (exact) mass is 336 g/mol. The van der Waals surface area contributed by atoms with Crippen LogP contribution in [-0.2, 0) is 9.53 Å². The van der Waals surface area contributed by atoms with Gasteiger partial charge in [-0.25, -0.2) is 0 Å². The predicted molar refractivity (Wildman–Crippen MR) is 79.2 cm³/mol. The van der Waals surface area contributed by atoms with Crippen molar-refractivity contribution in [1.29, 1.82) is 0 Å². The quantitative estimate of drug-likeness (QED) is 0.863. The molecule has 0 saturated heterocycles. The van der Waals surface area contributed by atoms with Gasteiger partial charge in [0.2, 0.25) is 0 Å². The number of rotatable bonds is 3. The lowest BCUT2D eigenvalue weighted by molar-refractivity contribution is -0.121. The van der Waals surface area contributed by atoms with E-state index in [1.807, 2.05) is 18.2 Å². The number of hydrogen-bond donors (Lipinski definition) is 0. The molecule has 0 spiro atoms. The summed E-state index contributed by atoms with van der Waals surface area (Å²) in [7, 11) is 1.61. The van der Waals surface area contributed by atoms with Crippen LogP contribution in [0.4, 0.5) is 5.69 Å². The molecule has 0 bridgehead atoms. The Hall–Kier alpha value is -1.66. The van der Waals surface area contributed by atoms with Crippen molar-refractivity contribution in [3.8, 4) is 5.75 Å². The molecule has 0 saturated carbocycles. The van der Waals surface area contributed by atoms with E-state index in [4.69, 9.17) is 9.47 Å². The first-order valence-electron chi connectivity index (χ1n) is 6.21. The van der Waals surface area contributed by atoms with Crippen molar-refractivity contribution >= 4 is 38.4 Å². The number of methoxy groups -OCH3 is 1. The number of benzene rings is 1. The molecule has 0 radical (unpaired) electrons. The second-order valence-corrected chi connectivity index (χ2v) is 5.38. The molecule has 3 rings (SSSR count). The van der Waals surface area contributed by atoms with Crippen LogP contribution in [0.1, 0.15) is 0 Å². The Balaban J connectivity index is 2.12. The van der Waals surface area contributed by atoms with Crippen LogP contribution in [0.25, 0.3) is 10.9 Å². The summed E-state index contributed by atoms with van der Waals surface area (Å²) in [5.74, 6) is 0.623. The van der Waals surface area contributed by atoms with E-state index in [-0.39, 0.29) is 12.5 Å². The van der Waals surface area contributed by atoms with Gasteiger partial charge in [-0.1, -0.05) is 15.9 Å². The number of aromatic nitrogens is 1. The van der Waals surface area contributed by atoms with Gasteiger partial charge in [0.15, 0.2) is 12.4 Å². The van der Waals surface area contributed by atoms with Gasteiger partial charge in [0.25, 0.3) is 5.91 Å². The van der Waals surface area contributed by atoms with E-state index in [9.17, 15) is 4.79 Å². The molecule has 0 atom stereocenters. The maximum atomic E-state index is 12.0. The summed E-state index contributed by atoms with van der Waals surface area (Å²) in [6.07, 6.45) is 1.68. The molecule has 2 heterocycles. The van der Waals surface area contributed by atoms with E-state index in [2.05, 4.69) is 20.9 Å². The summed E-state index contributed by atoms with van der Waals surface area (Å²) < 4.78 is 11.6. The molecular weight excluding hydrogens is 324 g/mol. The number of fused-ring (bicyclic) bond motifs is 3. The highest BCUT2D eigenvalue weighted by Gasteiger charge is 2.27. The molecule has 1 aromatic heterocycles. The lowest BCUT2D eigenvalue weighted by atomic mass is 10.1. The third-order valence-corrected chi connectivity index (χ3v) is 3.71. The number of hydrogen-bond acceptors (Lipinski definition) is 4. The molecule has 1 aliphatic heterocycles. The third kappa shape index (κ3) is 2.25. The lowest BCUT2D eigenvalue weighted by Crippen LogP contribution is -2.40. The molecule has 0 unspecified atom stereocenters. The summed E-state index contributed by atoms with van der Waals surface area (Å²) in [5, 5.41) is 0.895. The zero-order valence-corrected chi connectivity index (χ0v) is 12.5. The molecule has 2 aromatic rings. The van der Waals surface area contributed by atoms with Crippen molar-refractivity contribution in [2.24, 2.45) is 0 Å². The summed E-state index contributed by atoms with van der Waals surface area (Å²) in [6.45, 7) is 1.01. The van der Waals surface area contributed by atoms with Crippen LogP contribution in [-0.4, -0.2) is 37.8 Å². The zero-order valence-electron chi connectivity index (χ0n) is 10.9. The van der Waals surface area contributed by atoms with Crippen LogP contribution in [0.15, 0.2) is 28.9 Å². The van der Waals surface area contributed by atoms with E-state index in [0.29, 0.717) is 24.6 Å². The molecule has 5 nitrogen and oxygen atoms in total. The number of carbonyl (C=O) groups excluding carboxylic acids is 1. The number of carbonyl (C=O) groups is 1. The molecule has 20 heavy (non-hydrogen) atoms. The second kappa shape index (κ2) is 5.38. The number of pyridine rings is 1. The summed E-state index contributed by atoms with van der Waals surface area (Å²) in [6, 6.07) is 5.79. The van der Waals surface area contributed by atoms with Gasteiger partial charge in [-0.3, -0.25) is 9.78 Å². The fourth-order valence-corrected chi connectivity index (χ4v) is 2.61. The van der Waals surface area contributed by atoms with Crippen LogP contribution in [0, 0.1) is 0 Å². The van der Waals surface area contributed by atoms with E-state index in [1.54, 1.807) is 18.2 Å². The van der Waals surface area contributed by atoms with Crippen molar-refractivity contribution in [2.45, 2.75) is 0 Å². The SMILES string of the molecule is COCCN1C(=O)COc2c1cnc1ccc(Br)cc21. The molecule has 104 valence electrons. The third-order valence-electron chi connectivity index (χ3n) is 3.21. The largest absolute Gasteiger partial charge is 0.481 e. The smallest absolute Gasteiger partial charge is 0.265 e. The van der Waals surface area contributed by atoms with Crippen molar-refractivity contribution in [3.63, 3.8) is 0 Å². The Morgan fingerprint density at radius 1 is 1.50 bits per heavy atom. The molecule has 0 fully saturated rings. The number of halogens is 1. The summed E-state index contributed by atoms with van der Waals surface area (Å²) in [4.78, 5) is 18.0. The normalized spacial score (nSPS) is 14.3. The van der Waals surface area contributed by atoms with E-state index in [1.165, 1.54) is 0 Å². The van der Waals surface area contributed by atoms with Crippen LogP contribution in [0.3, 0.4) is 0 Å². The maximum Gasteiger partial charge on any atom is 0.265 e. The Labute approximate surface area is 124 Å². The van der Waals surface area contributed by atoms with Gasteiger partial charge in [0, 0.05) is 23.5 Å². The number of anilines is 1. The Bertz CT molecular complexity index is 675. The van der Waals surface area contributed by atoms with Gasteiger partial charge in [-0.2, -0.15) is 0 Å². The van der Waals surface area contributed by atoms with Crippen molar-refractivity contribution in [2.75, 3.05) is 31.8 Å². The van der Waals surface area contributed by atoms with Gasteiger partial charge in [0.1, 0.15) is 5.69 Å². The number of nitrogens with zero attached hydrogens (tertiary/aromatic N) is 2. The van der Waals surface area contributed by atoms with Crippen LogP contribution < -0.4 is 9.64 Å². The zero-order chi connectivity index (χ0) is 14.1. The highest BCUT2D eigenvalue weighted by molar-refractivity contribution is 9.10. The topological polar surface area (TPSA) is 51.7 Å². The minimum absolute atomic E-state index is 0.0440. The first kappa shape index (κ1) is 13.3. The van der Waals surface area contributed by atoms with Gasteiger partial charge >= 0.3 is 0 Å². The Morgan fingerprint density at radius 2 is 2.35 bits per heavy atom. The Kier molecular flexibility index (Phi) is 3.58. The fraction of sp³-hybridized carbons (Fsp3) is 0.286. The van der Waals surface area contributed by atoms with Gasteiger partial charge in [-0.15, -0.1) is 0 Å². The number of ether oxygens (including phenoxy) is 2. The number of amides is 1. The molecule has 0 N–H and O–H groups in total. The van der Waals surface area contributed by atoms with Gasteiger partial charge in [0.05, 0.1) is 18.3 Å². The minimum atomic E-state index is -0.0781. The lowest BCUT2D eigenvalue weighted by Gasteiger charge is -2.29. The van der Waals surface area contributed by atoms with Crippen LogP contribution >= 0.6 is 15.9 Å². The molecule has 1 aromatic carbocycles. The predicted octanol–water partition coefficient (Wildman–Crippen LogP) is 2.37. The second-order valence-electron chi connectivity index (χ2n) is 4.46. The van der Waals surface area contributed by atoms with Crippen molar-refractivity contribution < 1.29 is 14.3 Å². The fourth-order valence-electron chi connectivity index (χ4n) is 2.25. The summed E-state index contributed by atoms with van der Waals surface area (Å²) >= 11 is 3.45. The van der Waals surface area contributed by atoms with E-state index in [0.717, 1.165) is 15.4 Å². The van der Waals surface area contributed by atoms with Crippen molar-refractivity contribution in [3.05, 3.63) is 28.9 Å². The van der Waals surface area contributed by atoms with Gasteiger partial charge < -0.3 is 14.4 Å². The van der Waals surface area contributed by atoms with E-state index < -0.39 is 0 Å². The summed E-state index contributed by atoms with van der Waals surface area (Å²) in [5.41, 5.74) is 1.54. The van der Waals surface area contributed by atoms with E-state index >= 15 is 0 Å². The van der Waals surface area contributed by atoms with Crippen LogP contribution in [0.5, 0.6) is 5.75 Å². The van der Waals surface area contributed by atoms with Crippen LogP contribution in [0.2, 0.25) is 0 Å². The first-order valence-corrected chi connectivity index (χ1v) is 7.00. The van der Waals surface area contributed by atoms with Gasteiger partial charge in [-0.05, 0) is 18.2 Å². The first-order chi connectivity index (χ1) is 9.70. The molecule has 6 heteroatoms. The average molecular weight is 337 g/mol. The molecular formula is C14H13BrN2O3. The molecule has 1 aliphatic rings. The highest BCUT2D eigenvalue weighted by atomic mass is 79.9. The standard InChI is InChI=1S/C14H13BrN2O3/c1-19-5-4-17-12-7-16-11-3-2-9(15)6-10(11)14(12)20-8-13(17)18/h2-3,6-7H,4-5,8H2,1H3. The van der Waals surface area contributed by atoms with Crippen molar-refractivity contribution in [1.82, 2.24) is 4.98 Å². The Morgan fingerprint density at radius 3 is 3.15 bits per heavy atom. The molecule has 0 aliphatic carbocycles.